The molecule has 1 fully saturated rings. The molecule has 1 N–H and O–H groups in total. The van der Waals surface area contributed by atoms with Gasteiger partial charge in [-0.3, -0.25) is 14.9 Å². The molecule has 2 aliphatic rings. The average Bonchev–Trinajstić information content (AvgIpc) is 2.93. The zero-order valence-electron chi connectivity index (χ0n) is 15.2. The molecule has 7 nitrogen and oxygen atoms in total. The van der Waals surface area contributed by atoms with Gasteiger partial charge in [-0.25, -0.2) is 9.78 Å². The summed E-state index contributed by atoms with van der Waals surface area (Å²) in [6.07, 6.45) is 5.82. The number of anilines is 1. The average molecular weight is 357 g/mol. The first-order valence-electron chi connectivity index (χ1n) is 8.65. The van der Waals surface area contributed by atoms with Gasteiger partial charge in [0.2, 0.25) is 11.8 Å². The van der Waals surface area contributed by atoms with E-state index >= 15 is 0 Å². The Bertz CT molecular complexity index is 764. The van der Waals surface area contributed by atoms with Crippen LogP contribution >= 0.6 is 0 Å². The van der Waals surface area contributed by atoms with Gasteiger partial charge in [0, 0.05) is 19.3 Å². The smallest absolute Gasteiger partial charge is 0.340 e. The van der Waals surface area contributed by atoms with Gasteiger partial charge in [0.25, 0.3) is 0 Å². The monoisotopic (exact) mass is 357 g/mol. The molecule has 0 aliphatic carbocycles. The Morgan fingerprint density at radius 2 is 2.08 bits per heavy atom. The summed E-state index contributed by atoms with van der Waals surface area (Å²) in [4.78, 5) is 42.4. The molecular formula is C19H23N3O4. The summed E-state index contributed by atoms with van der Waals surface area (Å²) in [6.45, 7) is 6.58. The van der Waals surface area contributed by atoms with Gasteiger partial charge in [-0.2, -0.15) is 0 Å². The van der Waals surface area contributed by atoms with Crippen LogP contribution in [0.3, 0.4) is 0 Å². The Balaban J connectivity index is 1.71. The van der Waals surface area contributed by atoms with E-state index in [1.807, 2.05) is 25.7 Å². The maximum Gasteiger partial charge on any atom is 0.340 e. The lowest BCUT2D eigenvalue weighted by atomic mass is 9.83. The number of allylic oxidation sites excluding steroid dienone is 1. The minimum absolute atomic E-state index is 0.236. The molecule has 1 saturated heterocycles. The largest absolute Gasteiger partial charge is 0.456 e. The van der Waals surface area contributed by atoms with Crippen LogP contribution in [-0.2, 0) is 14.3 Å². The van der Waals surface area contributed by atoms with Crippen LogP contribution in [0.25, 0.3) is 0 Å². The summed E-state index contributed by atoms with van der Waals surface area (Å²) in [5, 5.41) is 2.42. The molecule has 0 aromatic carbocycles. The number of rotatable bonds is 2. The Morgan fingerprint density at radius 1 is 1.31 bits per heavy atom. The fourth-order valence-electron chi connectivity index (χ4n) is 3.22. The van der Waals surface area contributed by atoms with Gasteiger partial charge in [0.15, 0.2) is 0 Å². The van der Waals surface area contributed by atoms with Gasteiger partial charge in [-0.15, -0.1) is 0 Å². The van der Waals surface area contributed by atoms with Crippen LogP contribution in [0, 0.1) is 5.41 Å². The number of esters is 1. The molecule has 1 spiro atoms. The highest BCUT2D eigenvalue weighted by molar-refractivity contribution is 6.04. The molecule has 26 heavy (non-hydrogen) atoms. The third kappa shape index (κ3) is 3.76. The van der Waals surface area contributed by atoms with Crippen LogP contribution in [0.15, 0.2) is 30.5 Å². The highest BCUT2D eigenvalue weighted by Gasteiger charge is 2.45. The van der Waals surface area contributed by atoms with E-state index in [-0.39, 0.29) is 11.8 Å². The molecule has 7 heteroatoms. The number of aromatic nitrogens is 1. The number of pyridine rings is 1. The standard InChI is InChI=1S/C19H23N3O4/c1-18(2,3)26-16(24)13-6-7-14(20-11-13)22-10-9-19(12-22)8-4-5-15(23)21-17(19)25/h4-7,11H,8-10,12H2,1-3H3,(H,21,23,25). The lowest BCUT2D eigenvalue weighted by molar-refractivity contribution is -0.134. The second kappa shape index (κ2) is 6.55. The van der Waals surface area contributed by atoms with Crippen molar-refractivity contribution in [2.24, 2.45) is 5.41 Å². The number of carbonyl (C=O) groups excluding carboxylic acids is 3. The van der Waals surface area contributed by atoms with E-state index in [9.17, 15) is 14.4 Å². The van der Waals surface area contributed by atoms with E-state index in [1.54, 1.807) is 18.2 Å². The van der Waals surface area contributed by atoms with Gasteiger partial charge >= 0.3 is 5.97 Å². The quantitative estimate of drug-likeness (QED) is 0.642. The molecule has 3 heterocycles. The van der Waals surface area contributed by atoms with E-state index in [4.69, 9.17) is 4.74 Å². The van der Waals surface area contributed by atoms with Crippen LogP contribution in [0.1, 0.15) is 44.0 Å². The van der Waals surface area contributed by atoms with Gasteiger partial charge < -0.3 is 9.64 Å². The Hall–Kier alpha value is -2.70. The van der Waals surface area contributed by atoms with Crippen LogP contribution in [0.5, 0.6) is 0 Å². The van der Waals surface area contributed by atoms with E-state index in [1.165, 1.54) is 12.3 Å². The van der Waals surface area contributed by atoms with Crippen LogP contribution in [0.4, 0.5) is 5.82 Å². The summed E-state index contributed by atoms with van der Waals surface area (Å²) in [5.41, 5.74) is -0.790. The fourth-order valence-corrected chi connectivity index (χ4v) is 3.22. The van der Waals surface area contributed by atoms with Crippen molar-refractivity contribution in [3.05, 3.63) is 36.0 Å². The molecule has 0 radical (unpaired) electrons. The minimum Gasteiger partial charge on any atom is -0.456 e. The molecule has 2 amide bonds. The highest BCUT2D eigenvalue weighted by Crippen LogP contribution is 2.37. The SMILES string of the molecule is CC(C)(C)OC(=O)c1ccc(N2CCC3(CC=CC(=O)NC3=O)C2)nc1. The number of imide groups is 1. The predicted molar refractivity (Wildman–Crippen MR) is 95.6 cm³/mol. The summed E-state index contributed by atoms with van der Waals surface area (Å²) in [7, 11) is 0. The summed E-state index contributed by atoms with van der Waals surface area (Å²) >= 11 is 0. The summed E-state index contributed by atoms with van der Waals surface area (Å²) in [6, 6.07) is 3.44. The van der Waals surface area contributed by atoms with Crippen molar-refractivity contribution >= 4 is 23.6 Å². The molecule has 138 valence electrons. The Labute approximate surface area is 152 Å². The van der Waals surface area contributed by atoms with Crippen molar-refractivity contribution in [2.45, 2.75) is 39.2 Å². The number of nitrogens with one attached hydrogen (secondary N) is 1. The number of hydrogen-bond donors (Lipinski definition) is 1. The van der Waals surface area contributed by atoms with Gasteiger partial charge in [-0.1, -0.05) is 6.08 Å². The maximum atomic E-state index is 12.4. The number of hydrogen-bond acceptors (Lipinski definition) is 6. The second-order valence-electron chi connectivity index (χ2n) is 7.78. The molecule has 1 aromatic heterocycles. The molecule has 1 atom stereocenters. The van der Waals surface area contributed by atoms with E-state index in [2.05, 4.69) is 10.3 Å². The summed E-state index contributed by atoms with van der Waals surface area (Å²) in [5.74, 6) is -0.326. The topological polar surface area (TPSA) is 88.6 Å². The zero-order chi connectivity index (χ0) is 18.9. The first-order valence-corrected chi connectivity index (χ1v) is 8.65. The van der Waals surface area contributed by atoms with Crippen molar-refractivity contribution < 1.29 is 19.1 Å². The molecule has 1 aromatic rings. The molecular weight excluding hydrogens is 334 g/mol. The van der Waals surface area contributed by atoms with Crippen molar-refractivity contribution in [3.63, 3.8) is 0 Å². The third-order valence-corrected chi connectivity index (χ3v) is 4.56. The molecule has 1 unspecified atom stereocenters. The molecule has 2 aliphatic heterocycles. The second-order valence-corrected chi connectivity index (χ2v) is 7.78. The van der Waals surface area contributed by atoms with Crippen molar-refractivity contribution in [2.75, 3.05) is 18.0 Å². The van der Waals surface area contributed by atoms with Gasteiger partial charge in [-0.05, 0) is 51.8 Å². The highest BCUT2D eigenvalue weighted by atomic mass is 16.6. The van der Waals surface area contributed by atoms with Crippen molar-refractivity contribution in [3.8, 4) is 0 Å². The fraction of sp³-hybridized carbons (Fsp3) is 0.474. The number of ether oxygens (including phenoxy) is 1. The van der Waals surface area contributed by atoms with Crippen molar-refractivity contribution in [1.82, 2.24) is 10.3 Å². The van der Waals surface area contributed by atoms with Gasteiger partial charge in [0.1, 0.15) is 11.4 Å². The predicted octanol–water partition coefficient (Wildman–Crippen LogP) is 1.84. The molecule has 3 rings (SSSR count). The van der Waals surface area contributed by atoms with E-state index in [0.717, 1.165) is 0 Å². The van der Waals surface area contributed by atoms with Crippen LogP contribution < -0.4 is 10.2 Å². The third-order valence-electron chi connectivity index (χ3n) is 4.56. The Kier molecular flexibility index (Phi) is 4.56. The lowest BCUT2D eigenvalue weighted by Gasteiger charge is -2.25. The Morgan fingerprint density at radius 3 is 2.73 bits per heavy atom. The normalized spacial score (nSPS) is 23.1. The maximum absolute atomic E-state index is 12.4. The van der Waals surface area contributed by atoms with E-state index in [0.29, 0.717) is 37.3 Å². The van der Waals surface area contributed by atoms with E-state index < -0.39 is 17.0 Å². The minimum atomic E-state index is -0.617. The first kappa shape index (κ1) is 18.1. The van der Waals surface area contributed by atoms with Crippen LogP contribution in [0.2, 0.25) is 0 Å². The number of amides is 2. The van der Waals surface area contributed by atoms with Crippen LogP contribution in [-0.4, -0.2) is 41.5 Å². The number of carbonyl (C=O) groups is 3. The van der Waals surface area contributed by atoms with Crippen molar-refractivity contribution in [1.29, 1.82) is 0 Å². The van der Waals surface area contributed by atoms with Gasteiger partial charge in [0.05, 0.1) is 11.0 Å². The summed E-state index contributed by atoms with van der Waals surface area (Å²) < 4.78 is 5.33. The number of nitrogens with zero attached hydrogens (tertiary/aromatic N) is 2. The zero-order valence-corrected chi connectivity index (χ0v) is 15.2. The molecule has 0 saturated carbocycles. The lowest BCUT2D eigenvalue weighted by Crippen LogP contribution is -2.43. The first-order chi connectivity index (χ1) is 12.2. The molecule has 0 bridgehead atoms.